The fourth-order valence-corrected chi connectivity index (χ4v) is 1.46. The predicted octanol–water partition coefficient (Wildman–Crippen LogP) is 1.13. The largest absolute Gasteiger partial charge is 0.507 e. The summed E-state index contributed by atoms with van der Waals surface area (Å²) in [7, 11) is 0. The molecule has 2 N–H and O–H groups in total. The van der Waals surface area contributed by atoms with E-state index in [1.54, 1.807) is 6.92 Å². The van der Waals surface area contributed by atoms with Crippen molar-refractivity contribution in [1.29, 1.82) is 0 Å². The molecule has 0 saturated heterocycles. The van der Waals surface area contributed by atoms with Gasteiger partial charge in [0.15, 0.2) is 11.5 Å². The zero-order valence-corrected chi connectivity index (χ0v) is 7.40. The summed E-state index contributed by atoms with van der Waals surface area (Å²) < 4.78 is 10.1. The maximum absolute atomic E-state index is 10.8. The molecule has 1 aliphatic heterocycles. The number of aromatic carboxylic acids is 1. The van der Waals surface area contributed by atoms with Crippen LogP contribution in [-0.2, 0) is 0 Å². The number of rotatable bonds is 1. The molecule has 1 aromatic carbocycles. The Bertz CT molecular complexity index is 410. The fourth-order valence-electron chi connectivity index (χ4n) is 1.46. The average Bonchev–Trinajstić information content (AvgIpc) is 2.50. The van der Waals surface area contributed by atoms with Crippen molar-refractivity contribution in [3.63, 3.8) is 0 Å². The molecule has 0 atom stereocenters. The summed E-state index contributed by atoms with van der Waals surface area (Å²) in [6.45, 7) is 1.62. The van der Waals surface area contributed by atoms with Crippen LogP contribution in [0.1, 0.15) is 15.9 Å². The fraction of sp³-hybridized carbons (Fsp3) is 0.222. The molecule has 0 aliphatic carbocycles. The first-order valence-electron chi connectivity index (χ1n) is 3.96. The van der Waals surface area contributed by atoms with E-state index >= 15 is 0 Å². The number of carboxylic acids is 1. The summed E-state index contributed by atoms with van der Waals surface area (Å²) in [5.74, 6) is -0.720. The molecule has 0 aromatic heterocycles. The highest BCUT2D eigenvalue weighted by molar-refractivity contribution is 5.94. The highest BCUT2D eigenvalue weighted by Crippen LogP contribution is 2.41. The van der Waals surface area contributed by atoms with E-state index in [4.69, 9.17) is 14.6 Å². The number of phenols is 1. The molecule has 5 heteroatoms. The molecule has 1 aliphatic rings. The summed E-state index contributed by atoms with van der Waals surface area (Å²) in [6.07, 6.45) is 0. The van der Waals surface area contributed by atoms with Gasteiger partial charge < -0.3 is 19.7 Å². The van der Waals surface area contributed by atoms with Crippen molar-refractivity contribution in [1.82, 2.24) is 0 Å². The highest BCUT2D eigenvalue weighted by atomic mass is 16.7. The van der Waals surface area contributed by atoms with Gasteiger partial charge in [-0.15, -0.1) is 0 Å². The SMILES string of the molecule is Cc1c2c(cc(O)c1C(=O)O)OCO2. The third-order valence-electron chi connectivity index (χ3n) is 2.09. The van der Waals surface area contributed by atoms with Gasteiger partial charge >= 0.3 is 5.97 Å². The van der Waals surface area contributed by atoms with Crippen molar-refractivity contribution >= 4 is 5.97 Å². The molecule has 0 fully saturated rings. The molecular formula is C9H8O5. The smallest absolute Gasteiger partial charge is 0.339 e. The topological polar surface area (TPSA) is 76.0 Å². The van der Waals surface area contributed by atoms with E-state index in [9.17, 15) is 9.90 Å². The summed E-state index contributed by atoms with van der Waals surface area (Å²) in [5.41, 5.74) is 0.235. The third-order valence-corrected chi connectivity index (χ3v) is 2.09. The zero-order valence-electron chi connectivity index (χ0n) is 7.40. The maximum Gasteiger partial charge on any atom is 0.339 e. The molecule has 5 nitrogen and oxygen atoms in total. The van der Waals surface area contributed by atoms with Crippen LogP contribution in [-0.4, -0.2) is 23.0 Å². The van der Waals surface area contributed by atoms with Gasteiger partial charge in [-0.2, -0.15) is 0 Å². The van der Waals surface area contributed by atoms with Crippen LogP contribution in [0.4, 0.5) is 0 Å². The van der Waals surface area contributed by atoms with Crippen molar-refractivity contribution in [2.24, 2.45) is 0 Å². The van der Waals surface area contributed by atoms with Crippen LogP contribution in [0, 0.1) is 6.92 Å². The molecule has 1 aromatic rings. The number of benzene rings is 1. The van der Waals surface area contributed by atoms with E-state index in [0.717, 1.165) is 0 Å². The second-order valence-corrected chi connectivity index (χ2v) is 2.93. The molecular weight excluding hydrogens is 188 g/mol. The minimum absolute atomic E-state index is 0.0543. The van der Waals surface area contributed by atoms with Crippen molar-refractivity contribution in [2.45, 2.75) is 6.92 Å². The number of carboxylic acid groups (broad SMARTS) is 1. The van der Waals surface area contributed by atoms with E-state index in [1.165, 1.54) is 6.07 Å². The van der Waals surface area contributed by atoms with E-state index in [2.05, 4.69) is 0 Å². The van der Waals surface area contributed by atoms with Crippen LogP contribution in [0.3, 0.4) is 0 Å². The number of carbonyl (C=O) groups is 1. The lowest BCUT2D eigenvalue weighted by Gasteiger charge is -2.06. The Morgan fingerprint density at radius 2 is 2.21 bits per heavy atom. The summed E-state index contributed by atoms with van der Waals surface area (Å²) in [6, 6.07) is 1.25. The second-order valence-electron chi connectivity index (χ2n) is 2.93. The monoisotopic (exact) mass is 196 g/mol. The first-order valence-corrected chi connectivity index (χ1v) is 3.96. The Hall–Kier alpha value is -1.91. The van der Waals surface area contributed by atoms with Crippen molar-refractivity contribution in [3.05, 3.63) is 17.2 Å². The molecule has 0 radical (unpaired) electrons. The van der Waals surface area contributed by atoms with Gasteiger partial charge in [0.25, 0.3) is 0 Å². The average molecular weight is 196 g/mol. The van der Waals surface area contributed by atoms with Crippen LogP contribution in [0.5, 0.6) is 17.2 Å². The lowest BCUT2D eigenvalue weighted by Crippen LogP contribution is -2.01. The number of hydrogen-bond donors (Lipinski definition) is 2. The summed E-state index contributed by atoms with van der Waals surface area (Å²) >= 11 is 0. The van der Waals surface area contributed by atoms with E-state index in [0.29, 0.717) is 17.1 Å². The Labute approximate surface area is 79.5 Å². The molecule has 0 bridgehead atoms. The quantitative estimate of drug-likeness (QED) is 0.704. The molecule has 2 rings (SSSR count). The first-order chi connectivity index (χ1) is 6.61. The van der Waals surface area contributed by atoms with Crippen LogP contribution >= 0.6 is 0 Å². The highest BCUT2D eigenvalue weighted by Gasteiger charge is 2.24. The predicted molar refractivity (Wildman–Crippen MR) is 45.9 cm³/mol. The molecule has 0 unspecified atom stereocenters. The lowest BCUT2D eigenvalue weighted by atomic mass is 10.1. The summed E-state index contributed by atoms with van der Waals surface area (Å²) in [4.78, 5) is 10.8. The minimum atomic E-state index is -1.18. The molecule has 0 saturated carbocycles. The van der Waals surface area contributed by atoms with Crippen LogP contribution in [0.25, 0.3) is 0 Å². The molecule has 0 spiro atoms. The van der Waals surface area contributed by atoms with E-state index in [1.807, 2.05) is 0 Å². The van der Waals surface area contributed by atoms with Gasteiger partial charge in [0.2, 0.25) is 6.79 Å². The van der Waals surface area contributed by atoms with Gasteiger partial charge in [0.1, 0.15) is 11.3 Å². The second kappa shape index (κ2) is 2.80. The zero-order chi connectivity index (χ0) is 10.3. The van der Waals surface area contributed by atoms with E-state index < -0.39 is 5.97 Å². The molecule has 1 heterocycles. The number of aromatic hydroxyl groups is 1. The molecule has 0 amide bonds. The number of ether oxygens (including phenoxy) is 2. The molecule has 74 valence electrons. The Balaban J connectivity index is 2.68. The van der Waals surface area contributed by atoms with Crippen molar-refractivity contribution in [2.75, 3.05) is 6.79 Å². The minimum Gasteiger partial charge on any atom is -0.507 e. The Kier molecular flexibility index (Phi) is 1.73. The normalized spacial score (nSPS) is 12.9. The van der Waals surface area contributed by atoms with Gasteiger partial charge in [0.05, 0.1) is 0 Å². The van der Waals surface area contributed by atoms with Gasteiger partial charge in [-0.05, 0) is 6.92 Å². The van der Waals surface area contributed by atoms with Crippen molar-refractivity contribution < 1.29 is 24.5 Å². The third kappa shape index (κ3) is 1.06. The van der Waals surface area contributed by atoms with E-state index in [-0.39, 0.29) is 18.1 Å². The number of fused-ring (bicyclic) bond motifs is 1. The maximum atomic E-state index is 10.8. The van der Waals surface area contributed by atoms with Gasteiger partial charge in [-0.25, -0.2) is 4.79 Å². The number of hydrogen-bond acceptors (Lipinski definition) is 4. The van der Waals surface area contributed by atoms with Gasteiger partial charge in [-0.3, -0.25) is 0 Å². The van der Waals surface area contributed by atoms with Gasteiger partial charge in [0, 0.05) is 11.6 Å². The van der Waals surface area contributed by atoms with Crippen molar-refractivity contribution in [3.8, 4) is 17.2 Å². The van der Waals surface area contributed by atoms with Crippen LogP contribution < -0.4 is 9.47 Å². The summed E-state index contributed by atoms with van der Waals surface area (Å²) in [5, 5.41) is 18.2. The van der Waals surface area contributed by atoms with Gasteiger partial charge in [-0.1, -0.05) is 0 Å². The van der Waals surface area contributed by atoms with Crippen LogP contribution in [0.15, 0.2) is 6.07 Å². The Morgan fingerprint density at radius 3 is 2.86 bits per heavy atom. The standard InChI is InChI=1S/C9H8O5/c1-4-7(9(11)12)5(10)2-6-8(4)14-3-13-6/h2,10H,3H2,1H3,(H,11,12). The lowest BCUT2D eigenvalue weighted by molar-refractivity contribution is 0.0692. The molecule has 14 heavy (non-hydrogen) atoms. The first kappa shape index (κ1) is 8.68. The Morgan fingerprint density at radius 1 is 1.50 bits per heavy atom. The van der Waals surface area contributed by atoms with Crippen LogP contribution in [0.2, 0.25) is 0 Å².